The van der Waals surface area contributed by atoms with Gasteiger partial charge in [0.1, 0.15) is 0 Å². The molecule has 2 heteroatoms. The van der Waals surface area contributed by atoms with Crippen LogP contribution in [0.3, 0.4) is 0 Å². The molecule has 0 aliphatic carbocycles. The monoisotopic (exact) mass is 304 g/mol. The van der Waals surface area contributed by atoms with Crippen LogP contribution >= 0.6 is 0 Å². The maximum absolute atomic E-state index is 3.77. The van der Waals surface area contributed by atoms with E-state index in [0.717, 1.165) is 32.1 Å². The van der Waals surface area contributed by atoms with Gasteiger partial charge in [0.2, 0.25) is 0 Å². The van der Waals surface area contributed by atoms with Gasteiger partial charge in [0.25, 0.3) is 0 Å². The van der Waals surface area contributed by atoms with E-state index in [0.29, 0.717) is 12.1 Å². The molecular formula is C20H36N2. The van der Waals surface area contributed by atoms with E-state index in [4.69, 9.17) is 0 Å². The van der Waals surface area contributed by atoms with Gasteiger partial charge in [-0.25, -0.2) is 0 Å². The third-order valence-corrected chi connectivity index (χ3v) is 4.72. The Hall–Kier alpha value is -1.18. The zero-order valence-electron chi connectivity index (χ0n) is 15.8. The predicted molar refractivity (Wildman–Crippen MR) is 101 cm³/mol. The van der Waals surface area contributed by atoms with Crippen molar-refractivity contribution < 1.29 is 0 Å². The van der Waals surface area contributed by atoms with Gasteiger partial charge >= 0.3 is 0 Å². The van der Waals surface area contributed by atoms with Crippen LogP contribution in [0.2, 0.25) is 0 Å². The van der Waals surface area contributed by atoms with Crippen LogP contribution in [0.1, 0.15) is 78.0 Å². The molecule has 2 nitrogen and oxygen atoms in total. The topological polar surface area (TPSA) is 24.1 Å². The van der Waals surface area contributed by atoms with E-state index in [2.05, 4.69) is 65.2 Å². The quantitative estimate of drug-likeness (QED) is 0.603. The first-order valence-corrected chi connectivity index (χ1v) is 9.22. The van der Waals surface area contributed by atoms with Crippen LogP contribution in [0.15, 0.2) is 6.07 Å². The molecule has 2 unspecified atom stereocenters. The van der Waals surface area contributed by atoms with Crippen molar-refractivity contribution in [3.63, 3.8) is 0 Å². The van der Waals surface area contributed by atoms with Crippen molar-refractivity contribution in [3.05, 3.63) is 22.8 Å². The van der Waals surface area contributed by atoms with Crippen LogP contribution in [0.25, 0.3) is 0 Å². The Kier molecular flexibility index (Phi) is 7.78. The van der Waals surface area contributed by atoms with Crippen LogP contribution < -0.4 is 10.6 Å². The molecule has 0 spiro atoms. The van der Waals surface area contributed by atoms with Gasteiger partial charge in [0.05, 0.1) is 0 Å². The lowest BCUT2D eigenvalue weighted by molar-refractivity contribution is 0.752. The average molecular weight is 305 g/mol. The maximum atomic E-state index is 3.77. The minimum atomic E-state index is 0.513. The highest BCUT2D eigenvalue weighted by atomic mass is 14.9. The lowest BCUT2D eigenvalue weighted by Crippen LogP contribution is -2.20. The summed E-state index contributed by atoms with van der Waals surface area (Å²) in [5, 5.41) is 7.55. The standard InChI is InChI=1S/C20H36N2/c1-8-14(6)21-19-16(10-3)13-17(11-4)20(18(19)12-5)22-15(7)9-2/h13-15,21-22H,8-12H2,1-7H3. The molecule has 0 saturated carbocycles. The van der Waals surface area contributed by atoms with Crippen molar-refractivity contribution in [2.45, 2.75) is 92.7 Å². The molecule has 0 amide bonds. The normalized spacial score (nSPS) is 13.8. The Balaban J connectivity index is 3.42. The van der Waals surface area contributed by atoms with Gasteiger partial charge in [-0.05, 0) is 62.6 Å². The number of rotatable bonds is 9. The predicted octanol–water partition coefficient (Wildman–Crippen LogP) is 5.79. The van der Waals surface area contributed by atoms with E-state index in [1.165, 1.54) is 28.1 Å². The number of hydrogen-bond acceptors (Lipinski definition) is 2. The second kappa shape index (κ2) is 9.07. The van der Waals surface area contributed by atoms with Gasteiger partial charge in [0.15, 0.2) is 0 Å². The van der Waals surface area contributed by atoms with E-state index in [-0.39, 0.29) is 0 Å². The summed E-state index contributed by atoms with van der Waals surface area (Å²) in [7, 11) is 0. The average Bonchev–Trinajstić information content (AvgIpc) is 2.54. The molecule has 0 heterocycles. The number of nitrogens with one attached hydrogen (secondary N) is 2. The molecule has 0 fully saturated rings. The summed E-state index contributed by atoms with van der Waals surface area (Å²) in [5.41, 5.74) is 7.15. The first kappa shape index (κ1) is 18.9. The lowest BCUT2D eigenvalue weighted by Gasteiger charge is -2.26. The third-order valence-electron chi connectivity index (χ3n) is 4.72. The zero-order valence-corrected chi connectivity index (χ0v) is 15.8. The Morgan fingerprint density at radius 3 is 1.41 bits per heavy atom. The maximum Gasteiger partial charge on any atom is 0.0428 e. The summed E-state index contributed by atoms with van der Waals surface area (Å²) in [6, 6.07) is 3.44. The molecule has 0 saturated heterocycles. The largest absolute Gasteiger partial charge is 0.382 e. The van der Waals surface area contributed by atoms with Gasteiger partial charge in [-0.1, -0.05) is 40.7 Å². The second-order valence-electron chi connectivity index (χ2n) is 6.39. The molecule has 126 valence electrons. The molecule has 1 aromatic carbocycles. The van der Waals surface area contributed by atoms with Crippen molar-refractivity contribution in [1.82, 2.24) is 0 Å². The summed E-state index contributed by atoms with van der Waals surface area (Å²) in [5.74, 6) is 0. The molecule has 22 heavy (non-hydrogen) atoms. The van der Waals surface area contributed by atoms with Crippen LogP contribution in [0.5, 0.6) is 0 Å². The van der Waals surface area contributed by atoms with Crippen LogP contribution in [0, 0.1) is 0 Å². The van der Waals surface area contributed by atoms with Crippen molar-refractivity contribution in [2.24, 2.45) is 0 Å². The van der Waals surface area contributed by atoms with Gasteiger partial charge in [-0.15, -0.1) is 0 Å². The molecule has 0 aliphatic heterocycles. The van der Waals surface area contributed by atoms with Crippen molar-refractivity contribution in [1.29, 1.82) is 0 Å². The SMILES string of the molecule is CCc1cc(CC)c(NC(C)CC)c(CC)c1NC(C)CC. The zero-order chi connectivity index (χ0) is 16.7. The molecule has 2 N–H and O–H groups in total. The molecule has 1 aromatic rings. The van der Waals surface area contributed by atoms with Gasteiger partial charge in [-0.2, -0.15) is 0 Å². The first-order chi connectivity index (χ1) is 10.5. The fourth-order valence-corrected chi connectivity index (χ4v) is 2.84. The van der Waals surface area contributed by atoms with Crippen LogP contribution in [-0.4, -0.2) is 12.1 Å². The van der Waals surface area contributed by atoms with E-state index in [1.54, 1.807) is 0 Å². The van der Waals surface area contributed by atoms with Gasteiger partial charge < -0.3 is 10.6 Å². The van der Waals surface area contributed by atoms with E-state index < -0.39 is 0 Å². The van der Waals surface area contributed by atoms with Crippen LogP contribution in [-0.2, 0) is 19.3 Å². The third kappa shape index (κ3) is 4.41. The van der Waals surface area contributed by atoms with E-state index >= 15 is 0 Å². The fraction of sp³-hybridized carbons (Fsp3) is 0.700. The Labute approximate surface area is 138 Å². The summed E-state index contributed by atoms with van der Waals surface area (Å²) in [4.78, 5) is 0. The molecule has 2 atom stereocenters. The minimum absolute atomic E-state index is 0.513. The highest BCUT2D eigenvalue weighted by molar-refractivity contribution is 5.73. The smallest absolute Gasteiger partial charge is 0.0428 e. The summed E-state index contributed by atoms with van der Waals surface area (Å²) >= 11 is 0. The number of anilines is 2. The molecule has 1 rings (SSSR count). The Morgan fingerprint density at radius 1 is 0.727 bits per heavy atom. The number of benzene rings is 1. The first-order valence-electron chi connectivity index (χ1n) is 9.22. The highest BCUT2D eigenvalue weighted by Gasteiger charge is 2.17. The Bertz CT molecular complexity index is 427. The van der Waals surface area contributed by atoms with E-state index in [1.807, 2.05) is 0 Å². The molecule has 0 bridgehead atoms. The molecule has 0 aliphatic rings. The molecule has 0 aromatic heterocycles. The van der Waals surface area contributed by atoms with Crippen molar-refractivity contribution >= 4 is 11.4 Å². The second-order valence-corrected chi connectivity index (χ2v) is 6.39. The fourth-order valence-electron chi connectivity index (χ4n) is 2.84. The van der Waals surface area contributed by atoms with Crippen molar-refractivity contribution in [2.75, 3.05) is 10.6 Å². The lowest BCUT2D eigenvalue weighted by atomic mass is 9.94. The molecule has 0 radical (unpaired) electrons. The molecular weight excluding hydrogens is 268 g/mol. The summed E-state index contributed by atoms with van der Waals surface area (Å²) in [6.07, 6.45) is 5.54. The van der Waals surface area contributed by atoms with Gasteiger partial charge in [0, 0.05) is 23.5 Å². The number of aryl methyl sites for hydroxylation is 2. The summed E-state index contributed by atoms with van der Waals surface area (Å²) < 4.78 is 0. The van der Waals surface area contributed by atoms with Gasteiger partial charge in [-0.3, -0.25) is 0 Å². The Morgan fingerprint density at radius 2 is 1.14 bits per heavy atom. The minimum Gasteiger partial charge on any atom is -0.382 e. The van der Waals surface area contributed by atoms with Crippen LogP contribution in [0.4, 0.5) is 11.4 Å². The summed E-state index contributed by atoms with van der Waals surface area (Å²) in [6.45, 7) is 15.8. The van der Waals surface area contributed by atoms with E-state index in [9.17, 15) is 0 Å². The number of hydrogen-bond donors (Lipinski definition) is 2. The van der Waals surface area contributed by atoms with Crippen molar-refractivity contribution in [3.8, 4) is 0 Å². The highest BCUT2D eigenvalue weighted by Crippen LogP contribution is 2.35.